The van der Waals surface area contributed by atoms with Crippen LogP contribution in [0.3, 0.4) is 0 Å². The molecule has 4 rings (SSSR count). The number of thioether (sulfide) groups is 1. The lowest BCUT2D eigenvalue weighted by Gasteiger charge is -1.94. The fraction of sp³-hybridized carbons (Fsp3) is 0.0625. The second-order valence-electron chi connectivity index (χ2n) is 4.91. The minimum absolute atomic E-state index is 0.419. The molecule has 0 atom stereocenters. The minimum Gasteiger partial charge on any atom is -0.420 e. The largest absolute Gasteiger partial charge is 0.420 e. The number of aromatic nitrogens is 5. The third-order valence-corrected chi connectivity index (χ3v) is 4.25. The maximum absolute atomic E-state index is 5.87. The molecule has 0 amide bonds. The molecule has 0 aliphatic rings. The lowest BCUT2D eigenvalue weighted by atomic mass is 10.2. The van der Waals surface area contributed by atoms with Gasteiger partial charge in [-0.2, -0.15) is 0 Å². The number of nitrogens with zero attached hydrogens (tertiary/aromatic N) is 5. The molecule has 0 saturated carbocycles. The zero-order chi connectivity index (χ0) is 17.1. The Hall–Kier alpha value is -2.71. The van der Waals surface area contributed by atoms with Crippen molar-refractivity contribution in [2.24, 2.45) is 0 Å². The number of hydrogen-bond acceptors (Lipinski definition) is 8. The Morgan fingerprint density at radius 1 is 0.880 bits per heavy atom. The zero-order valence-corrected chi connectivity index (χ0v) is 14.2. The van der Waals surface area contributed by atoms with Gasteiger partial charge < -0.3 is 8.83 Å². The van der Waals surface area contributed by atoms with Gasteiger partial charge in [-0.25, -0.2) is 0 Å². The van der Waals surface area contributed by atoms with E-state index < -0.39 is 0 Å². The van der Waals surface area contributed by atoms with Crippen molar-refractivity contribution in [3.05, 3.63) is 59.7 Å². The van der Waals surface area contributed by atoms with Crippen LogP contribution in [0.4, 0.5) is 0 Å². The fourth-order valence-corrected chi connectivity index (χ4v) is 2.74. The molecule has 9 heteroatoms. The van der Waals surface area contributed by atoms with Crippen molar-refractivity contribution >= 4 is 23.4 Å². The number of halogens is 1. The van der Waals surface area contributed by atoms with E-state index in [1.807, 2.05) is 24.3 Å². The normalized spacial score (nSPS) is 10.9. The Morgan fingerprint density at radius 2 is 1.68 bits per heavy atom. The number of rotatable bonds is 5. The average Bonchev–Trinajstić information content (AvgIpc) is 3.31. The summed E-state index contributed by atoms with van der Waals surface area (Å²) in [6.07, 6.45) is 3.35. The minimum atomic E-state index is 0.419. The van der Waals surface area contributed by atoms with E-state index in [0.29, 0.717) is 33.7 Å². The van der Waals surface area contributed by atoms with E-state index in [0.717, 1.165) is 11.1 Å². The number of benzene rings is 1. The summed E-state index contributed by atoms with van der Waals surface area (Å²) in [5.74, 6) is 1.75. The van der Waals surface area contributed by atoms with Crippen molar-refractivity contribution in [3.63, 3.8) is 0 Å². The molecule has 3 heterocycles. The highest BCUT2D eigenvalue weighted by molar-refractivity contribution is 7.98. The van der Waals surface area contributed by atoms with Gasteiger partial charge in [-0.05, 0) is 36.4 Å². The molecule has 0 aliphatic carbocycles. The molecule has 7 nitrogen and oxygen atoms in total. The third kappa shape index (κ3) is 3.70. The van der Waals surface area contributed by atoms with Crippen LogP contribution in [0.2, 0.25) is 5.02 Å². The Labute approximate surface area is 151 Å². The summed E-state index contributed by atoms with van der Waals surface area (Å²) in [6.45, 7) is 0. The van der Waals surface area contributed by atoms with E-state index in [-0.39, 0.29) is 0 Å². The molecule has 0 unspecified atom stereocenters. The monoisotopic (exact) mass is 371 g/mol. The molecule has 124 valence electrons. The SMILES string of the molecule is Clc1ccc(-c2nnc(CSc3nnc(-c4cccnc4)o3)o2)cc1. The van der Waals surface area contributed by atoms with E-state index >= 15 is 0 Å². The smallest absolute Gasteiger partial charge is 0.277 e. The first kappa shape index (κ1) is 15.8. The van der Waals surface area contributed by atoms with Gasteiger partial charge in [0.15, 0.2) is 0 Å². The van der Waals surface area contributed by atoms with Crippen LogP contribution in [0.5, 0.6) is 0 Å². The Balaban J connectivity index is 1.42. The average molecular weight is 372 g/mol. The maximum Gasteiger partial charge on any atom is 0.277 e. The Bertz CT molecular complexity index is 972. The van der Waals surface area contributed by atoms with Crippen molar-refractivity contribution in [2.75, 3.05) is 0 Å². The molecule has 1 aromatic carbocycles. The topological polar surface area (TPSA) is 90.7 Å². The molecule has 3 aromatic heterocycles. The van der Waals surface area contributed by atoms with Crippen LogP contribution in [0, 0.1) is 0 Å². The van der Waals surface area contributed by atoms with Gasteiger partial charge in [-0.1, -0.05) is 23.4 Å². The summed E-state index contributed by atoms with van der Waals surface area (Å²) in [6, 6.07) is 10.9. The lowest BCUT2D eigenvalue weighted by Crippen LogP contribution is -1.80. The maximum atomic E-state index is 5.87. The second-order valence-corrected chi connectivity index (χ2v) is 6.27. The molecule has 0 N–H and O–H groups in total. The fourth-order valence-electron chi connectivity index (χ4n) is 2.02. The molecule has 0 radical (unpaired) electrons. The van der Waals surface area contributed by atoms with Gasteiger partial charge in [0, 0.05) is 23.0 Å². The lowest BCUT2D eigenvalue weighted by molar-refractivity contribution is 0.464. The summed E-state index contributed by atoms with van der Waals surface area (Å²) in [5.41, 5.74) is 1.58. The van der Waals surface area contributed by atoms with Crippen LogP contribution in [0.25, 0.3) is 22.9 Å². The van der Waals surface area contributed by atoms with Crippen LogP contribution in [-0.4, -0.2) is 25.4 Å². The number of hydrogen-bond donors (Lipinski definition) is 0. The molecule has 25 heavy (non-hydrogen) atoms. The van der Waals surface area contributed by atoms with Crippen molar-refractivity contribution in [2.45, 2.75) is 11.0 Å². The van der Waals surface area contributed by atoms with Crippen LogP contribution < -0.4 is 0 Å². The Kier molecular flexibility index (Phi) is 4.45. The molecule has 0 saturated heterocycles. The molecule has 0 fully saturated rings. The van der Waals surface area contributed by atoms with E-state index in [2.05, 4.69) is 25.4 Å². The first-order valence-corrected chi connectivity index (χ1v) is 8.59. The zero-order valence-electron chi connectivity index (χ0n) is 12.7. The van der Waals surface area contributed by atoms with Gasteiger partial charge in [0.2, 0.25) is 17.7 Å². The van der Waals surface area contributed by atoms with Crippen molar-refractivity contribution in [1.29, 1.82) is 0 Å². The van der Waals surface area contributed by atoms with E-state index in [4.69, 9.17) is 20.4 Å². The Morgan fingerprint density at radius 3 is 2.48 bits per heavy atom. The van der Waals surface area contributed by atoms with Gasteiger partial charge >= 0.3 is 0 Å². The second kappa shape index (κ2) is 7.04. The molecule has 4 aromatic rings. The van der Waals surface area contributed by atoms with Crippen LogP contribution >= 0.6 is 23.4 Å². The van der Waals surface area contributed by atoms with Gasteiger partial charge in [-0.15, -0.1) is 20.4 Å². The first-order valence-electron chi connectivity index (χ1n) is 7.23. The summed E-state index contributed by atoms with van der Waals surface area (Å²) in [7, 11) is 0. The highest BCUT2D eigenvalue weighted by Gasteiger charge is 2.13. The highest BCUT2D eigenvalue weighted by atomic mass is 35.5. The standard InChI is InChI=1S/C16H10ClN5O2S/c17-12-5-3-10(4-6-12)14-20-19-13(23-14)9-25-16-22-21-15(24-16)11-2-1-7-18-8-11/h1-8H,9H2. The van der Waals surface area contributed by atoms with E-state index in [1.165, 1.54) is 11.8 Å². The first-order chi connectivity index (χ1) is 12.3. The predicted molar refractivity (Wildman–Crippen MR) is 91.8 cm³/mol. The van der Waals surface area contributed by atoms with Crippen LogP contribution in [-0.2, 0) is 5.75 Å². The molecular weight excluding hydrogens is 362 g/mol. The van der Waals surface area contributed by atoms with Crippen molar-refractivity contribution < 1.29 is 8.83 Å². The van der Waals surface area contributed by atoms with Crippen molar-refractivity contribution in [1.82, 2.24) is 25.4 Å². The summed E-state index contributed by atoms with van der Waals surface area (Å²) in [4.78, 5) is 4.02. The van der Waals surface area contributed by atoms with Crippen LogP contribution in [0.1, 0.15) is 5.89 Å². The van der Waals surface area contributed by atoms with Gasteiger partial charge in [-0.3, -0.25) is 4.98 Å². The molecule has 0 bridgehead atoms. The summed E-state index contributed by atoms with van der Waals surface area (Å²) in [5, 5.41) is 17.1. The highest BCUT2D eigenvalue weighted by Crippen LogP contribution is 2.26. The predicted octanol–water partition coefficient (Wildman–Crippen LogP) is 4.13. The van der Waals surface area contributed by atoms with Crippen LogP contribution in [0.15, 0.2) is 62.8 Å². The van der Waals surface area contributed by atoms with Gasteiger partial charge in [0.25, 0.3) is 5.22 Å². The van der Waals surface area contributed by atoms with E-state index in [9.17, 15) is 0 Å². The number of pyridine rings is 1. The van der Waals surface area contributed by atoms with Gasteiger partial charge in [0.1, 0.15) is 0 Å². The van der Waals surface area contributed by atoms with Gasteiger partial charge in [0.05, 0.1) is 11.3 Å². The molecular formula is C16H10ClN5O2S. The van der Waals surface area contributed by atoms with Crippen molar-refractivity contribution in [3.8, 4) is 22.9 Å². The molecule has 0 aliphatic heterocycles. The molecule has 0 spiro atoms. The quantitative estimate of drug-likeness (QED) is 0.483. The summed E-state index contributed by atoms with van der Waals surface area (Å²) >= 11 is 7.19. The third-order valence-electron chi connectivity index (χ3n) is 3.19. The van der Waals surface area contributed by atoms with E-state index in [1.54, 1.807) is 24.5 Å². The summed E-state index contributed by atoms with van der Waals surface area (Å²) < 4.78 is 11.2.